The average molecular weight is 392 g/mol. The van der Waals surface area contributed by atoms with Crippen LogP contribution in [0.15, 0.2) is 60.8 Å². The molecule has 0 fully saturated rings. The summed E-state index contributed by atoms with van der Waals surface area (Å²) in [5.41, 5.74) is 7.26. The Hall–Kier alpha value is -3.98. The summed E-state index contributed by atoms with van der Waals surface area (Å²) in [4.78, 5) is 31.3. The lowest BCUT2D eigenvalue weighted by Gasteiger charge is -2.16. The number of anilines is 4. The predicted molar refractivity (Wildman–Crippen MR) is 110 cm³/mol. The molecule has 29 heavy (non-hydrogen) atoms. The van der Waals surface area contributed by atoms with Crippen LogP contribution in [0, 0.1) is 0 Å². The molecule has 0 aliphatic carbocycles. The number of aliphatic hydroxyl groups excluding tert-OH is 1. The molecule has 0 radical (unpaired) electrons. The summed E-state index contributed by atoms with van der Waals surface area (Å²) in [5.74, 6) is -0.653. The molecule has 1 atom stereocenters. The number of carbonyl (C=O) groups is 2. The number of aliphatic hydroxyl groups is 1. The monoisotopic (exact) mass is 392 g/mol. The maximum absolute atomic E-state index is 11.7. The van der Waals surface area contributed by atoms with Crippen LogP contribution in [0.5, 0.6) is 0 Å². The first kappa shape index (κ1) is 19.8. The van der Waals surface area contributed by atoms with Crippen molar-refractivity contribution in [2.24, 2.45) is 5.73 Å². The van der Waals surface area contributed by atoms with Crippen molar-refractivity contribution >= 4 is 35.0 Å². The van der Waals surface area contributed by atoms with Crippen molar-refractivity contribution in [3.63, 3.8) is 0 Å². The minimum Gasteiger partial charge on any atom is -0.369 e. The van der Waals surface area contributed by atoms with Gasteiger partial charge in [-0.3, -0.25) is 9.59 Å². The number of aromatic nitrogens is 2. The van der Waals surface area contributed by atoms with Crippen LogP contribution in [0.3, 0.4) is 0 Å². The molecular formula is C20H20N6O3. The molecule has 2 aromatic carbocycles. The summed E-state index contributed by atoms with van der Waals surface area (Å²) in [6, 6.07) is 15.8. The number of carbonyl (C=O) groups excluding carboxylic acids is 2. The van der Waals surface area contributed by atoms with Gasteiger partial charge in [0.2, 0.25) is 11.9 Å². The highest BCUT2D eigenvalue weighted by Crippen LogP contribution is 2.23. The van der Waals surface area contributed by atoms with Crippen molar-refractivity contribution in [1.82, 2.24) is 9.97 Å². The average Bonchev–Trinajstić information content (AvgIpc) is 2.68. The fourth-order valence-electron chi connectivity index (χ4n) is 2.59. The number of hydrogen-bond acceptors (Lipinski definition) is 7. The molecule has 9 nitrogen and oxygen atoms in total. The van der Waals surface area contributed by atoms with E-state index >= 15 is 0 Å². The zero-order chi connectivity index (χ0) is 20.8. The van der Waals surface area contributed by atoms with Gasteiger partial charge in [-0.1, -0.05) is 36.4 Å². The Morgan fingerprint density at radius 2 is 1.79 bits per heavy atom. The van der Waals surface area contributed by atoms with Gasteiger partial charge in [0.15, 0.2) is 6.23 Å². The van der Waals surface area contributed by atoms with Crippen LogP contribution in [0.4, 0.5) is 23.1 Å². The normalized spacial score (nSPS) is 11.4. The number of rotatable bonds is 7. The van der Waals surface area contributed by atoms with Crippen molar-refractivity contribution in [3.8, 4) is 0 Å². The number of hydrogen-bond donors (Lipinski definition) is 5. The summed E-state index contributed by atoms with van der Waals surface area (Å²) < 4.78 is 0. The quantitative estimate of drug-likeness (QED) is 0.389. The van der Waals surface area contributed by atoms with Crippen LogP contribution in [0.25, 0.3) is 0 Å². The minimum absolute atomic E-state index is 0.0394. The van der Waals surface area contributed by atoms with E-state index in [4.69, 9.17) is 5.73 Å². The molecule has 3 rings (SSSR count). The van der Waals surface area contributed by atoms with Gasteiger partial charge in [-0.05, 0) is 18.2 Å². The molecule has 3 aromatic rings. The number of amides is 2. The third kappa shape index (κ3) is 5.27. The number of nitrogens with zero attached hydrogens (tertiary/aromatic N) is 2. The first-order valence-electron chi connectivity index (χ1n) is 8.73. The molecule has 0 aliphatic heterocycles. The van der Waals surface area contributed by atoms with Gasteiger partial charge in [-0.2, -0.15) is 4.98 Å². The van der Waals surface area contributed by atoms with Crippen LogP contribution < -0.4 is 21.7 Å². The highest BCUT2D eigenvalue weighted by molar-refractivity contribution is 5.97. The van der Waals surface area contributed by atoms with Gasteiger partial charge < -0.3 is 26.8 Å². The summed E-state index contributed by atoms with van der Waals surface area (Å²) in [5, 5.41) is 18.8. The van der Waals surface area contributed by atoms with Crippen molar-refractivity contribution in [1.29, 1.82) is 0 Å². The summed E-state index contributed by atoms with van der Waals surface area (Å²) in [6.45, 7) is 1.42. The van der Waals surface area contributed by atoms with Gasteiger partial charge in [0.1, 0.15) is 11.4 Å². The first-order chi connectivity index (χ1) is 13.9. The standard InChI is InChI=1S/C20H20N6O3/c1-12(27)23-14-8-5-9-15(10-14)24-20-22-11-16(17(21)28)18(26-20)25-19(29)13-6-3-2-4-7-13/h2-11,19,29H,1H3,(H2,21,28)(H,23,27)(H2,22,24,25,26)/t19-/m1/s1. The number of benzene rings is 2. The van der Waals surface area contributed by atoms with Crippen LogP contribution >= 0.6 is 0 Å². The van der Waals surface area contributed by atoms with Crippen LogP contribution in [-0.2, 0) is 4.79 Å². The Morgan fingerprint density at radius 3 is 2.48 bits per heavy atom. The molecular weight excluding hydrogens is 372 g/mol. The Morgan fingerprint density at radius 1 is 1.07 bits per heavy atom. The second-order valence-electron chi connectivity index (χ2n) is 6.16. The zero-order valence-electron chi connectivity index (χ0n) is 15.6. The highest BCUT2D eigenvalue weighted by Gasteiger charge is 2.16. The van der Waals surface area contributed by atoms with Crippen molar-refractivity contribution in [3.05, 3.63) is 71.9 Å². The van der Waals surface area contributed by atoms with Crippen molar-refractivity contribution in [2.45, 2.75) is 13.2 Å². The van der Waals surface area contributed by atoms with Crippen molar-refractivity contribution in [2.75, 3.05) is 16.0 Å². The van der Waals surface area contributed by atoms with Gasteiger partial charge in [-0.15, -0.1) is 0 Å². The number of primary amides is 1. The summed E-state index contributed by atoms with van der Waals surface area (Å²) in [7, 11) is 0. The summed E-state index contributed by atoms with van der Waals surface area (Å²) in [6.07, 6.45) is 0.176. The SMILES string of the molecule is CC(=O)Nc1cccc(Nc2ncc(C(N)=O)c(N[C@H](O)c3ccccc3)n2)c1. The predicted octanol–water partition coefficient (Wildman–Crippen LogP) is 2.38. The van der Waals surface area contributed by atoms with E-state index < -0.39 is 12.1 Å². The van der Waals surface area contributed by atoms with Gasteiger partial charge in [0, 0.05) is 30.1 Å². The second-order valence-corrected chi connectivity index (χ2v) is 6.16. The maximum Gasteiger partial charge on any atom is 0.254 e. The molecule has 1 aromatic heterocycles. The van der Waals surface area contributed by atoms with Crippen molar-refractivity contribution < 1.29 is 14.7 Å². The lowest BCUT2D eigenvalue weighted by molar-refractivity contribution is -0.114. The molecule has 0 spiro atoms. The molecule has 0 saturated carbocycles. The Kier molecular flexibility index (Phi) is 6.00. The topological polar surface area (TPSA) is 142 Å². The van der Waals surface area contributed by atoms with Gasteiger partial charge in [0.25, 0.3) is 5.91 Å². The highest BCUT2D eigenvalue weighted by atomic mass is 16.3. The van der Waals surface area contributed by atoms with E-state index in [2.05, 4.69) is 25.9 Å². The maximum atomic E-state index is 11.7. The largest absolute Gasteiger partial charge is 0.369 e. The molecule has 0 saturated heterocycles. The number of nitrogens with one attached hydrogen (secondary N) is 3. The smallest absolute Gasteiger partial charge is 0.254 e. The van der Waals surface area contributed by atoms with E-state index in [9.17, 15) is 14.7 Å². The molecule has 0 unspecified atom stereocenters. The van der Waals surface area contributed by atoms with Gasteiger partial charge in [-0.25, -0.2) is 4.98 Å². The van der Waals surface area contributed by atoms with Crippen LogP contribution in [-0.4, -0.2) is 26.9 Å². The summed E-state index contributed by atoms with van der Waals surface area (Å²) >= 11 is 0. The van der Waals surface area contributed by atoms with E-state index in [1.165, 1.54) is 13.1 Å². The molecule has 0 aliphatic rings. The van der Waals surface area contributed by atoms with E-state index in [0.717, 1.165) is 0 Å². The molecule has 148 valence electrons. The molecule has 1 heterocycles. The number of nitrogens with two attached hydrogens (primary N) is 1. The second kappa shape index (κ2) is 8.81. The fourth-order valence-corrected chi connectivity index (χ4v) is 2.59. The van der Waals surface area contributed by atoms with Gasteiger partial charge in [0.05, 0.1) is 0 Å². The molecule has 9 heteroatoms. The Labute approximate surface area is 167 Å². The Balaban J connectivity index is 1.85. The van der Waals surface area contributed by atoms with Crippen LogP contribution in [0.1, 0.15) is 29.1 Å². The third-order valence-corrected chi connectivity index (χ3v) is 3.88. The van der Waals surface area contributed by atoms with E-state index in [1.54, 1.807) is 48.5 Å². The first-order valence-corrected chi connectivity index (χ1v) is 8.73. The molecule has 6 N–H and O–H groups in total. The Bertz CT molecular complexity index is 1030. The molecule has 2 amide bonds. The lowest BCUT2D eigenvalue weighted by atomic mass is 10.2. The zero-order valence-corrected chi connectivity index (χ0v) is 15.6. The van der Waals surface area contributed by atoms with E-state index in [-0.39, 0.29) is 23.2 Å². The molecule has 0 bridgehead atoms. The lowest BCUT2D eigenvalue weighted by Crippen LogP contribution is -2.19. The third-order valence-electron chi connectivity index (χ3n) is 3.88. The van der Waals surface area contributed by atoms with E-state index in [0.29, 0.717) is 16.9 Å². The fraction of sp³-hybridized carbons (Fsp3) is 0.100. The van der Waals surface area contributed by atoms with Crippen LogP contribution in [0.2, 0.25) is 0 Å². The van der Waals surface area contributed by atoms with E-state index in [1.807, 2.05) is 6.07 Å². The van der Waals surface area contributed by atoms with Gasteiger partial charge >= 0.3 is 0 Å². The minimum atomic E-state index is -1.10.